The van der Waals surface area contributed by atoms with E-state index in [0.29, 0.717) is 20.7 Å². The fourth-order valence-electron chi connectivity index (χ4n) is 3.91. The molecule has 0 aromatic heterocycles. The molecule has 0 spiro atoms. The molecule has 0 radical (unpaired) electrons. The molecule has 0 unspecified atom stereocenters. The van der Waals surface area contributed by atoms with Gasteiger partial charge in [-0.15, -0.1) is 0 Å². The second kappa shape index (κ2) is 12.4. The molecule has 206 valence electrons. The average molecular weight is 627 g/mol. The molecule has 0 aliphatic carbocycles. The molecule has 1 heterocycles. The first-order chi connectivity index (χ1) is 19.1. The molecule has 3 aromatic rings. The lowest BCUT2D eigenvalue weighted by Gasteiger charge is -2.26. The van der Waals surface area contributed by atoms with Gasteiger partial charge in [-0.05, 0) is 95.9 Å². The van der Waals surface area contributed by atoms with E-state index in [1.165, 1.54) is 12.1 Å². The Morgan fingerprint density at radius 2 is 1.85 bits per heavy atom. The highest BCUT2D eigenvalue weighted by atomic mass is 79.9. The van der Waals surface area contributed by atoms with Gasteiger partial charge in [0.25, 0.3) is 17.7 Å². The molecule has 9 nitrogen and oxygen atoms in total. The van der Waals surface area contributed by atoms with E-state index in [9.17, 15) is 19.2 Å². The van der Waals surface area contributed by atoms with E-state index in [2.05, 4.69) is 26.6 Å². The Hall–Kier alpha value is -4.15. The number of halogens is 2. The molecule has 1 fully saturated rings. The number of carbonyl (C=O) groups excluding carboxylic acids is 4. The van der Waals surface area contributed by atoms with Crippen molar-refractivity contribution >= 4 is 68.7 Å². The first kappa shape index (κ1) is 28.8. The van der Waals surface area contributed by atoms with Gasteiger partial charge in [-0.25, -0.2) is 9.69 Å². The fraction of sp³-hybridized carbons (Fsp3) is 0.172. The molecule has 1 aliphatic heterocycles. The van der Waals surface area contributed by atoms with E-state index < -0.39 is 17.8 Å². The molecule has 1 aliphatic rings. The van der Waals surface area contributed by atoms with Crippen LogP contribution in [0, 0.1) is 13.8 Å². The highest BCUT2D eigenvalue weighted by Gasteiger charge is 2.37. The number of nitrogens with zero attached hydrogens (tertiary/aromatic N) is 1. The standard InChI is InChI=1S/C29H25BrClN3O6/c1-4-39-24-13-18(12-22(30)26(24)40-15-25(35)32-19-7-5-6-16(2)10-19)11-21-27(36)33-29(38)34(28(21)37)20-9-8-17(3)23(31)14-20/h5-14H,4,15H2,1-3H3,(H,32,35)(H,33,36,38)/b21-11+. The summed E-state index contributed by atoms with van der Waals surface area (Å²) < 4.78 is 11.9. The van der Waals surface area contributed by atoms with Crippen molar-refractivity contribution in [2.75, 3.05) is 23.4 Å². The Labute approximate surface area is 244 Å². The van der Waals surface area contributed by atoms with Crippen LogP contribution in [0.15, 0.2) is 64.6 Å². The molecule has 0 bridgehead atoms. The van der Waals surface area contributed by atoms with Crippen LogP contribution in [0.5, 0.6) is 11.5 Å². The van der Waals surface area contributed by atoms with Crippen LogP contribution in [0.25, 0.3) is 6.08 Å². The second-order valence-corrected chi connectivity index (χ2v) is 10.1. The van der Waals surface area contributed by atoms with E-state index >= 15 is 0 Å². The Morgan fingerprint density at radius 3 is 2.55 bits per heavy atom. The van der Waals surface area contributed by atoms with Crippen LogP contribution < -0.4 is 25.0 Å². The predicted octanol–water partition coefficient (Wildman–Crippen LogP) is 5.80. The van der Waals surface area contributed by atoms with E-state index in [-0.39, 0.29) is 41.9 Å². The summed E-state index contributed by atoms with van der Waals surface area (Å²) in [6, 6.07) is 14.4. The number of barbiturate groups is 1. The van der Waals surface area contributed by atoms with Gasteiger partial charge in [-0.2, -0.15) is 0 Å². The Balaban J connectivity index is 1.59. The van der Waals surface area contributed by atoms with Crippen LogP contribution in [0.1, 0.15) is 23.6 Å². The van der Waals surface area contributed by atoms with Crippen LogP contribution in [0.3, 0.4) is 0 Å². The van der Waals surface area contributed by atoms with Crippen LogP contribution >= 0.6 is 27.5 Å². The maximum atomic E-state index is 13.3. The number of aryl methyl sites for hydroxylation is 2. The van der Waals surface area contributed by atoms with Crippen LogP contribution in [0.4, 0.5) is 16.2 Å². The number of urea groups is 1. The zero-order chi connectivity index (χ0) is 29.0. The van der Waals surface area contributed by atoms with Gasteiger partial charge in [-0.3, -0.25) is 19.7 Å². The molecule has 40 heavy (non-hydrogen) atoms. The predicted molar refractivity (Wildman–Crippen MR) is 156 cm³/mol. The molecule has 2 N–H and O–H groups in total. The van der Waals surface area contributed by atoms with Crippen LogP contribution in [-0.2, 0) is 14.4 Å². The highest BCUT2D eigenvalue weighted by molar-refractivity contribution is 9.10. The zero-order valence-electron chi connectivity index (χ0n) is 21.8. The molecule has 11 heteroatoms. The largest absolute Gasteiger partial charge is 0.490 e. The van der Waals surface area contributed by atoms with Gasteiger partial charge in [-0.1, -0.05) is 29.8 Å². The first-order valence-electron chi connectivity index (χ1n) is 12.2. The van der Waals surface area contributed by atoms with Gasteiger partial charge in [0.05, 0.1) is 16.8 Å². The van der Waals surface area contributed by atoms with Crippen molar-refractivity contribution in [3.05, 3.63) is 86.4 Å². The lowest BCUT2D eigenvalue weighted by molar-refractivity contribution is -0.122. The van der Waals surface area contributed by atoms with Crippen molar-refractivity contribution < 1.29 is 28.7 Å². The summed E-state index contributed by atoms with van der Waals surface area (Å²) in [5.41, 5.74) is 2.80. The van der Waals surface area contributed by atoms with Gasteiger partial charge in [0.2, 0.25) is 0 Å². The van der Waals surface area contributed by atoms with E-state index in [1.54, 1.807) is 44.2 Å². The van der Waals surface area contributed by atoms with E-state index in [4.69, 9.17) is 21.1 Å². The van der Waals surface area contributed by atoms with E-state index in [0.717, 1.165) is 16.0 Å². The maximum absolute atomic E-state index is 13.3. The van der Waals surface area contributed by atoms with Gasteiger partial charge in [0.1, 0.15) is 5.57 Å². The smallest absolute Gasteiger partial charge is 0.335 e. The molecule has 3 aromatic carbocycles. The first-order valence-corrected chi connectivity index (χ1v) is 13.4. The third-order valence-electron chi connectivity index (χ3n) is 5.81. The summed E-state index contributed by atoms with van der Waals surface area (Å²) >= 11 is 9.62. The van der Waals surface area contributed by atoms with E-state index in [1.807, 2.05) is 25.1 Å². The number of imide groups is 2. The van der Waals surface area contributed by atoms with Crippen molar-refractivity contribution in [2.24, 2.45) is 0 Å². The molecule has 0 saturated carbocycles. The number of rotatable bonds is 8. The minimum absolute atomic E-state index is 0.223. The summed E-state index contributed by atoms with van der Waals surface area (Å²) in [6.07, 6.45) is 1.34. The number of ether oxygens (including phenoxy) is 2. The van der Waals surface area contributed by atoms with Crippen molar-refractivity contribution in [3.63, 3.8) is 0 Å². The minimum atomic E-state index is -0.879. The van der Waals surface area contributed by atoms with Crippen molar-refractivity contribution in [2.45, 2.75) is 20.8 Å². The summed E-state index contributed by atoms with van der Waals surface area (Å²) in [6.45, 7) is 5.49. The molecular formula is C29H25BrClN3O6. The summed E-state index contributed by atoms with van der Waals surface area (Å²) in [5.74, 6) is -1.46. The molecule has 5 amide bonds. The number of carbonyl (C=O) groups is 4. The Bertz CT molecular complexity index is 1550. The lowest BCUT2D eigenvalue weighted by Crippen LogP contribution is -2.54. The zero-order valence-corrected chi connectivity index (χ0v) is 24.2. The maximum Gasteiger partial charge on any atom is 0.335 e. The topological polar surface area (TPSA) is 114 Å². The number of benzene rings is 3. The third kappa shape index (κ3) is 6.52. The van der Waals surface area contributed by atoms with Crippen molar-refractivity contribution in [3.8, 4) is 11.5 Å². The number of hydrogen-bond acceptors (Lipinski definition) is 6. The monoisotopic (exact) mass is 625 g/mol. The van der Waals surface area contributed by atoms with Gasteiger partial charge < -0.3 is 14.8 Å². The number of nitrogens with one attached hydrogen (secondary N) is 2. The lowest BCUT2D eigenvalue weighted by atomic mass is 10.1. The van der Waals surface area contributed by atoms with Gasteiger partial charge >= 0.3 is 6.03 Å². The Morgan fingerprint density at radius 1 is 1.07 bits per heavy atom. The highest BCUT2D eigenvalue weighted by Crippen LogP contribution is 2.38. The normalized spacial score (nSPS) is 14.3. The fourth-order valence-corrected chi connectivity index (χ4v) is 4.66. The van der Waals surface area contributed by atoms with Gasteiger partial charge in [0.15, 0.2) is 18.1 Å². The number of amides is 5. The summed E-state index contributed by atoms with van der Waals surface area (Å²) in [7, 11) is 0. The van der Waals surface area contributed by atoms with Gasteiger partial charge in [0, 0.05) is 10.7 Å². The summed E-state index contributed by atoms with van der Waals surface area (Å²) in [5, 5.41) is 5.33. The quantitative estimate of drug-likeness (QED) is 0.241. The molecule has 1 saturated heterocycles. The molecular weight excluding hydrogens is 602 g/mol. The average Bonchev–Trinajstić information content (AvgIpc) is 2.88. The van der Waals surface area contributed by atoms with Crippen molar-refractivity contribution in [1.82, 2.24) is 5.32 Å². The van der Waals surface area contributed by atoms with Crippen LogP contribution in [-0.4, -0.2) is 37.0 Å². The second-order valence-electron chi connectivity index (χ2n) is 8.86. The molecule has 0 atom stereocenters. The van der Waals surface area contributed by atoms with Crippen LogP contribution in [0.2, 0.25) is 5.02 Å². The molecule has 4 rings (SSSR count). The number of anilines is 2. The number of hydrogen-bond donors (Lipinski definition) is 2. The third-order valence-corrected chi connectivity index (χ3v) is 6.80. The van der Waals surface area contributed by atoms with Crippen molar-refractivity contribution in [1.29, 1.82) is 0 Å². The SMILES string of the molecule is CCOc1cc(/C=C2\C(=O)NC(=O)N(c3ccc(C)c(Cl)c3)C2=O)cc(Br)c1OCC(=O)Nc1cccc(C)c1. The summed E-state index contributed by atoms with van der Waals surface area (Å²) in [4.78, 5) is 51.8. The Kier molecular flexibility index (Phi) is 8.91. The minimum Gasteiger partial charge on any atom is -0.490 e.